The van der Waals surface area contributed by atoms with E-state index in [0.717, 1.165) is 12.3 Å². The number of hydrogen-bond acceptors (Lipinski definition) is 9. The maximum absolute atomic E-state index is 11.7. The lowest BCUT2D eigenvalue weighted by Gasteiger charge is -2.39. The molecule has 9 nitrogen and oxygen atoms in total. The zero-order valence-electron chi connectivity index (χ0n) is 10.8. The van der Waals surface area contributed by atoms with Crippen molar-refractivity contribution >= 4 is 0 Å². The third kappa shape index (κ3) is 3.23. The van der Waals surface area contributed by atoms with Crippen molar-refractivity contribution in [3.63, 3.8) is 0 Å². The molecule has 1 aromatic rings. The molecule has 1 saturated heterocycles. The van der Waals surface area contributed by atoms with Crippen molar-refractivity contribution in [1.29, 1.82) is 0 Å². The molecule has 0 saturated carbocycles. The molecular formula is C12H16O9. The maximum atomic E-state index is 11.7. The van der Waals surface area contributed by atoms with E-state index in [9.17, 15) is 20.1 Å². The molecule has 0 aliphatic carbocycles. The van der Waals surface area contributed by atoms with E-state index in [4.69, 9.17) is 24.1 Å². The van der Waals surface area contributed by atoms with Gasteiger partial charge in [-0.1, -0.05) is 0 Å². The van der Waals surface area contributed by atoms with Crippen LogP contribution in [0, 0.1) is 0 Å². The van der Waals surface area contributed by atoms with Gasteiger partial charge in [0.1, 0.15) is 43.0 Å². The van der Waals surface area contributed by atoms with Gasteiger partial charge in [0.25, 0.3) is 0 Å². The van der Waals surface area contributed by atoms with E-state index in [-0.39, 0.29) is 11.5 Å². The Morgan fingerprint density at radius 2 is 1.86 bits per heavy atom. The lowest BCUT2D eigenvalue weighted by Crippen LogP contribution is -2.60. The van der Waals surface area contributed by atoms with Crippen LogP contribution >= 0.6 is 0 Å². The van der Waals surface area contributed by atoms with Crippen molar-refractivity contribution < 1.29 is 39.4 Å². The summed E-state index contributed by atoms with van der Waals surface area (Å²) in [5, 5.41) is 46.8. The van der Waals surface area contributed by atoms with Gasteiger partial charge < -0.3 is 39.4 Å². The summed E-state index contributed by atoms with van der Waals surface area (Å²) >= 11 is 0. The molecule has 5 atom stereocenters. The minimum Gasteiger partial charge on any atom is -0.463 e. The van der Waals surface area contributed by atoms with Crippen LogP contribution in [-0.4, -0.2) is 62.8 Å². The molecular weight excluding hydrogens is 288 g/mol. The lowest BCUT2D eigenvalue weighted by atomic mass is 9.99. The number of hydrogen-bond donors (Lipinski definition) is 5. The van der Waals surface area contributed by atoms with Crippen LogP contribution in [0.2, 0.25) is 0 Å². The fourth-order valence-electron chi connectivity index (χ4n) is 1.90. The highest BCUT2D eigenvalue weighted by Crippen LogP contribution is 2.23. The molecule has 0 bridgehead atoms. The molecule has 1 aromatic heterocycles. The number of aliphatic hydroxyl groups excluding tert-OH is 5. The minimum absolute atomic E-state index is 0.0288. The van der Waals surface area contributed by atoms with Crippen LogP contribution < -0.4 is 10.2 Å². The highest BCUT2D eigenvalue weighted by Gasteiger charge is 2.44. The molecule has 0 unspecified atom stereocenters. The summed E-state index contributed by atoms with van der Waals surface area (Å²) < 4.78 is 15.1. The van der Waals surface area contributed by atoms with Crippen LogP contribution in [0.4, 0.5) is 0 Å². The Labute approximate surface area is 118 Å². The molecule has 0 aromatic carbocycles. The summed E-state index contributed by atoms with van der Waals surface area (Å²) in [5.41, 5.74) is -0.623. The lowest BCUT2D eigenvalue weighted by molar-refractivity contribution is -0.277. The summed E-state index contributed by atoms with van der Waals surface area (Å²) in [6.45, 7) is -1.07. The first kappa shape index (κ1) is 15.9. The van der Waals surface area contributed by atoms with Crippen molar-refractivity contribution in [2.24, 2.45) is 0 Å². The van der Waals surface area contributed by atoms with Crippen molar-refractivity contribution in [3.8, 4) is 5.75 Å². The Kier molecular flexibility index (Phi) is 4.93. The van der Waals surface area contributed by atoms with E-state index >= 15 is 0 Å². The smallest absolute Gasteiger partial charge is 0.229 e. The molecule has 0 amide bonds. The van der Waals surface area contributed by atoms with Crippen molar-refractivity contribution in [3.05, 3.63) is 28.3 Å². The zero-order chi connectivity index (χ0) is 15.6. The summed E-state index contributed by atoms with van der Waals surface area (Å²) in [6.07, 6.45) is -6.43. The predicted molar refractivity (Wildman–Crippen MR) is 65.3 cm³/mol. The first-order valence-corrected chi connectivity index (χ1v) is 6.17. The van der Waals surface area contributed by atoms with Gasteiger partial charge in [-0.3, -0.25) is 4.79 Å². The van der Waals surface area contributed by atoms with Crippen molar-refractivity contribution in [1.82, 2.24) is 0 Å². The van der Waals surface area contributed by atoms with Crippen LogP contribution in [0.25, 0.3) is 0 Å². The predicted octanol–water partition coefficient (Wildman–Crippen LogP) is -2.69. The SMILES string of the molecule is O=c1cc(CO)occ1O[C@@H]1O[C@H](CO)[C@@H](O)[C@H](O)[C@H]1O. The Morgan fingerprint density at radius 1 is 1.14 bits per heavy atom. The Bertz CT molecular complexity index is 526. The summed E-state index contributed by atoms with van der Waals surface area (Å²) in [7, 11) is 0. The quantitative estimate of drug-likeness (QED) is 0.400. The minimum atomic E-state index is -1.63. The molecule has 9 heteroatoms. The van der Waals surface area contributed by atoms with E-state index in [1.807, 2.05) is 0 Å². The molecule has 5 N–H and O–H groups in total. The fraction of sp³-hybridized carbons (Fsp3) is 0.583. The third-order valence-electron chi connectivity index (χ3n) is 3.10. The van der Waals surface area contributed by atoms with Crippen LogP contribution in [0.5, 0.6) is 5.75 Å². The van der Waals surface area contributed by atoms with Crippen LogP contribution in [0.15, 0.2) is 21.5 Å². The molecule has 2 heterocycles. The second-order valence-electron chi connectivity index (χ2n) is 4.55. The van der Waals surface area contributed by atoms with Gasteiger partial charge in [0.15, 0.2) is 0 Å². The molecule has 1 aliphatic heterocycles. The van der Waals surface area contributed by atoms with Crippen LogP contribution in [0.3, 0.4) is 0 Å². The number of aliphatic hydroxyl groups is 5. The largest absolute Gasteiger partial charge is 0.463 e. The van der Waals surface area contributed by atoms with E-state index in [1.165, 1.54) is 0 Å². The molecule has 0 radical (unpaired) electrons. The highest BCUT2D eigenvalue weighted by molar-refractivity contribution is 5.17. The first-order valence-electron chi connectivity index (χ1n) is 6.17. The normalized spacial score (nSPS) is 32.9. The molecule has 0 spiro atoms. The topological polar surface area (TPSA) is 150 Å². The fourth-order valence-corrected chi connectivity index (χ4v) is 1.90. The second-order valence-corrected chi connectivity index (χ2v) is 4.55. The van der Waals surface area contributed by atoms with E-state index in [1.54, 1.807) is 0 Å². The molecule has 1 aliphatic rings. The summed E-state index contributed by atoms with van der Waals surface area (Å²) in [6, 6.07) is 0.999. The first-order chi connectivity index (χ1) is 9.97. The van der Waals surface area contributed by atoms with Gasteiger partial charge in [-0.2, -0.15) is 0 Å². The maximum Gasteiger partial charge on any atom is 0.229 e. The van der Waals surface area contributed by atoms with Gasteiger partial charge >= 0.3 is 0 Å². The third-order valence-corrected chi connectivity index (χ3v) is 3.10. The Hall–Kier alpha value is -1.49. The van der Waals surface area contributed by atoms with Gasteiger partial charge in [-0.15, -0.1) is 0 Å². The average Bonchev–Trinajstić information content (AvgIpc) is 2.49. The van der Waals surface area contributed by atoms with E-state index < -0.39 is 49.3 Å². The van der Waals surface area contributed by atoms with Gasteiger partial charge in [-0.25, -0.2) is 0 Å². The zero-order valence-corrected chi connectivity index (χ0v) is 10.8. The van der Waals surface area contributed by atoms with Gasteiger partial charge in [0, 0.05) is 6.07 Å². The van der Waals surface area contributed by atoms with Gasteiger partial charge in [-0.05, 0) is 0 Å². The summed E-state index contributed by atoms with van der Waals surface area (Å²) in [5.74, 6) is -0.280. The monoisotopic (exact) mass is 304 g/mol. The molecule has 21 heavy (non-hydrogen) atoms. The van der Waals surface area contributed by atoms with E-state index in [0.29, 0.717) is 0 Å². The standard InChI is InChI=1S/C12H16O9/c13-2-5-1-6(15)8(4-19-5)21-12-11(18)10(17)9(16)7(3-14)20-12/h1,4,7,9-14,16-18H,2-3H2/t7-,9-,10+,11-,12+/m1/s1. The van der Waals surface area contributed by atoms with Crippen molar-refractivity contribution in [2.45, 2.75) is 37.3 Å². The molecule has 2 rings (SSSR count). The highest BCUT2D eigenvalue weighted by atomic mass is 16.7. The molecule has 118 valence electrons. The average molecular weight is 304 g/mol. The van der Waals surface area contributed by atoms with E-state index in [2.05, 4.69) is 0 Å². The second kappa shape index (κ2) is 6.52. The number of rotatable bonds is 4. The Balaban J connectivity index is 2.16. The van der Waals surface area contributed by atoms with Crippen LogP contribution in [0.1, 0.15) is 5.76 Å². The van der Waals surface area contributed by atoms with Crippen molar-refractivity contribution in [2.75, 3.05) is 6.61 Å². The Morgan fingerprint density at radius 3 is 2.43 bits per heavy atom. The van der Waals surface area contributed by atoms with Gasteiger partial charge in [0.2, 0.25) is 17.5 Å². The summed E-state index contributed by atoms with van der Waals surface area (Å²) in [4.78, 5) is 11.7. The number of ether oxygens (including phenoxy) is 2. The van der Waals surface area contributed by atoms with Crippen LogP contribution in [-0.2, 0) is 11.3 Å². The van der Waals surface area contributed by atoms with Gasteiger partial charge in [0.05, 0.1) is 6.61 Å². The molecule has 1 fully saturated rings.